The first-order chi connectivity index (χ1) is 18.6. The number of nitrogens with zero attached hydrogens (tertiary/aromatic N) is 4. The van der Waals surface area contributed by atoms with E-state index in [1.165, 1.54) is 11.3 Å². The van der Waals surface area contributed by atoms with E-state index >= 15 is 0 Å². The Morgan fingerprint density at radius 1 is 0.974 bits per heavy atom. The lowest BCUT2D eigenvalue weighted by molar-refractivity contribution is -0.120. The van der Waals surface area contributed by atoms with Crippen molar-refractivity contribution in [1.29, 1.82) is 0 Å². The average Bonchev–Trinajstić information content (AvgIpc) is 3.48. The van der Waals surface area contributed by atoms with E-state index in [0.717, 1.165) is 69.1 Å². The molecule has 0 saturated heterocycles. The number of rotatable bonds is 6. The molecule has 1 N–H and O–H groups in total. The third-order valence-electron chi connectivity index (χ3n) is 7.00. The summed E-state index contributed by atoms with van der Waals surface area (Å²) in [5.74, 6) is -0.0567. The molecular formula is C31H35N5O2S. The minimum absolute atomic E-state index is 0.0460. The molecule has 2 amide bonds. The highest BCUT2D eigenvalue weighted by atomic mass is 32.1. The van der Waals surface area contributed by atoms with Crippen molar-refractivity contribution in [1.82, 2.24) is 15.0 Å². The van der Waals surface area contributed by atoms with E-state index in [1.807, 2.05) is 30.0 Å². The maximum atomic E-state index is 13.1. The molecule has 2 aromatic carbocycles. The second kappa shape index (κ2) is 10.5. The molecule has 2 aromatic heterocycles. The summed E-state index contributed by atoms with van der Waals surface area (Å²) in [6.07, 6.45) is 2.98. The van der Waals surface area contributed by atoms with E-state index in [0.29, 0.717) is 23.7 Å². The zero-order valence-electron chi connectivity index (χ0n) is 23.5. The third kappa shape index (κ3) is 5.57. The summed E-state index contributed by atoms with van der Waals surface area (Å²) in [6, 6.07) is 11.6. The number of aryl methyl sites for hydroxylation is 3. The number of benzene rings is 2. The molecule has 3 heterocycles. The standard InChI is InChI=1S/C31H35N5O2S/c1-7-22-23(8-2)33-25-16-21(9-11-24(25)32-22)29(38)35-30-34-28(18(3)39-30)20-10-12-26-19(15-20)13-14-36(26)27(37)17-31(4,5)6/h9-12,15-16H,7-8,13-14,17H2,1-6H3,(H,34,35,38). The smallest absolute Gasteiger partial charge is 0.257 e. The number of thiazole rings is 1. The zero-order valence-corrected chi connectivity index (χ0v) is 24.3. The number of fused-ring (bicyclic) bond motifs is 2. The molecule has 4 aromatic rings. The predicted octanol–water partition coefficient (Wildman–Crippen LogP) is 6.76. The van der Waals surface area contributed by atoms with E-state index < -0.39 is 0 Å². The minimum Gasteiger partial charge on any atom is -0.312 e. The Balaban J connectivity index is 1.35. The van der Waals surface area contributed by atoms with E-state index in [4.69, 9.17) is 15.0 Å². The molecule has 0 fully saturated rings. The van der Waals surface area contributed by atoms with Gasteiger partial charge in [0, 0.05) is 34.7 Å². The summed E-state index contributed by atoms with van der Waals surface area (Å²) in [6.45, 7) is 13.1. The van der Waals surface area contributed by atoms with Crippen molar-refractivity contribution >= 4 is 45.0 Å². The van der Waals surface area contributed by atoms with Crippen molar-refractivity contribution in [2.24, 2.45) is 5.41 Å². The van der Waals surface area contributed by atoms with Crippen LogP contribution in [-0.2, 0) is 24.1 Å². The first-order valence-electron chi connectivity index (χ1n) is 13.6. The highest BCUT2D eigenvalue weighted by Gasteiger charge is 2.28. The predicted molar refractivity (Wildman–Crippen MR) is 159 cm³/mol. The number of carbonyl (C=O) groups is 2. The Hall–Kier alpha value is -3.65. The van der Waals surface area contributed by atoms with Crippen LogP contribution in [0.1, 0.15) is 73.2 Å². The van der Waals surface area contributed by atoms with Gasteiger partial charge in [-0.3, -0.25) is 14.9 Å². The van der Waals surface area contributed by atoms with Gasteiger partial charge in [0.05, 0.1) is 28.1 Å². The summed E-state index contributed by atoms with van der Waals surface area (Å²) >= 11 is 1.46. The van der Waals surface area contributed by atoms with Gasteiger partial charge in [0.1, 0.15) is 0 Å². The molecule has 202 valence electrons. The number of anilines is 2. The minimum atomic E-state index is -0.224. The van der Waals surface area contributed by atoms with Gasteiger partial charge in [-0.15, -0.1) is 11.3 Å². The van der Waals surface area contributed by atoms with Crippen molar-refractivity contribution in [3.63, 3.8) is 0 Å². The maximum Gasteiger partial charge on any atom is 0.257 e. The SMILES string of the molecule is CCc1nc2ccc(C(=O)Nc3nc(-c4ccc5c(c4)CCN5C(=O)CC(C)(C)C)c(C)s3)cc2nc1CC. The fraction of sp³-hybridized carbons (Fsp3) is 0.387. The second-order valence-electron chi connectivity index (χ2n) is 11.3. The van der Waals surface area contributed by atoms with Crippen molar-refractivity contribution in [2.75, 3.05) is 16.8 Å². The Kier molecular flexibility index (Phi) is 7.25. The van der Waals surface area contributed by atoms with Crippen LogP contribution in [-0.4, -0.2) is 33.3 Å². The first-order valence-corrected chi connectivity index (χ1v) is 14.4. The van der Waals surface area contributed by atoms with Crippen molar-refractivity contribution in [2.45, 2.75) is 67.2 Å². The zero-order chi connectivity index (χ0) is 27.9. The van der Waals surface area contributed by atoms with Crippen molar-refractivity contribution in [3.8, 4) is 11.3 Å². The molecule has 1 aliphatic rings. The van der Waals surface area contributed by atoms with Crippen molar-refractivity contribution < 1.29 is 9.59 Å². The van der Waals surface area contributed by atoms with Gasteiger partial charge in [-0.05, 0) is 67.5 Å². The largest absolute Gasteiger partial charge is 0.312 e. The van der Waals surface area contributed by atoms with Crippen LogP contribution in [0, 0.1) is 12.3 Å². The number of nitrogens with one attached hydrogen (secondary N) is 1. The van der Waals surface area contributed by atoms with Gasteiger partial charge in [0.15, 0.2) is 5.13 Å². The Bertz CT molecular complexity index is 1580. The van der Waals surface area contributed by atoms with Crippen LogP contribution in [0.3, 0.4) is 0 Å². The fourth-order valence-corrected chi connectivity index (χ4v) is 5.91. The van der Waals surface area contributed by atoms with Gasteiger partial charge >= 0.3 is 0 Å². The fourth-order valence-electron chi connectivity index (χ4n) is 5.08. The van der Waals surface area contributed by atoms with Crippen LogP contribution in [0.2, 0.25) is 0 Å². The van der Waals surface area contributed by atoms with Crippen LogP contribution >= 0.6 is 11.3 Å². The monoisotopic (exact) mass is 541 g/mol. The number of amides is 2. The van der Waals surface area contributed by atoms with Crippen LogP contribution < -0.4 is 10.2 Å². The lowest BCUT2D eigenvalue weighted by Crippen LogP contribution is -2.31. The molecule has 0 aliphatic carbocycles. The number of hydrogen-bond acceptors (Lipinski definition) is 6. The van der Waals surface area contributed by atoms with E-state index in [9.17, 15) is 9.59 Å². The normalized spacial score (nSPS) is 13.1. The number of aromatic nitrogens is 3. The molecule has 7 nitrogen and oxygen atoms in total. The molecule has 1 aliphatic heterocycles. The lowest BCUT2D eigenvalue weighted by Gasteiger charge is -2.23. The molecule has 5 rings (SSSR count). The van der Waals surface area contributed by atoms with E-state index in [-0.39, 0.29) is 17.2 Å². The summed E-state index contributed by atoms with van der Waals surface area (Å²) in [4.78, 5) is 43.1. The Morgan fingerprint density at radius 2 is 1.69 bits per heavy atom. The van der Waals surface area contributed by atoms with Crippen molar-refractivity contribution in [3.05, 3.63) is 63.8 Å². The molecule has 0 radical (unpaired) electrons. The van der Waals surface area contributed by atoms with Gasteiger partial charge in [-0.1, -0.05) is 40.7 Å². The highest BCUT2D eigenvalue weighted by Crippen LogP contribution is 2.37. The van der Waals surface area contributed by atoms with Gasteiger partial charge in [0.25, 0.3) is 5.91 Å². The summed E-state index contributed by atoms with van der Waals surface area (Å²) in [5.41, 5.74) is 7.96. The van der Waals surface area contributed by atoms with Gasteiger partial charge < -0.3 is 4.90 Å². The topological polar surface area (TPSA) is 88.1 Å². The average molecular weight is 542 g/mol. The van der Waals surface area contributed by atoms with Gasteiger partial charge in [0.2, 0.25) is 5.91 Å². The van der Waals surface area contributed by atoms with E-state index in [1.54, 1.807) is 12.1 Å². The molecule has 8 heteroatoms. The highest BCUT2D eigenvalue weighted by molar-refractivity contribution is 7.16. The van der Waals surface area contributed by atoms with Crippen LogP contribution in [0.15, 0.2) is 36.4 Å². The molecule has 0 spiro atoms. The maximum absolute atomic E-state index is 13.1. The van der Waals surface area contributed by atoms with Gasteiger partial charge in [-0.2, -0.15) is 0 Å². The second-order valence-corrected chi connectivity index (χ2v) is 12.5. The molecule has 0 bridgehead atoms. The molecule has 0 atom stereocenters. The van der Waals surface area contributed by atoms with E-state index in [2.05, 4.69) is 46.0 Å². The molecular weight excluding hydrogens is 506 g/mol. The van der Waals surface area contributed by atoms with Gasteiger partial charge in [-0.25, -0.2) is 15.0 Å². The molecule has 0 saturated carbocycles. The molecule has 0 unspecified atom stereocenters. The summed E-state index contributed by atoms with van der Waals surface area (Å²) in [5, 5.41) is 3.52. The number of carbonyl (C=O) groups excluding carboxylic acids is 2. The third-order valence-corrected chi connectivity index (χ3v) is 7.89. The summed E-state index contributed by atoms with van der Waals surface area (Å²) < 4.78 is 0. The first kappa shape index (κ1) is 26.9. The summed E-state index contributed by atoms with van der Waals surface area (Å²) in [7, 11) is 0. The van der Waals surface area contributed by atoms with Crippen LogP contribution in [0.5, 0.6) is 0 Å². The molecule has 39 heavy (non-hydrogen) atoms. The number of hydrogen-bond donors (Lipinski definition) is 1. The Labute approximate surface area is 233 Å². The Morgan fingerprint density at radius 3 is 2.38 bits per heavy atom. The van der Waals surface area contributed by atoms with Crippen LogP contribution in [0.25, 0.3) is 22.3 Å². The lowest BCUT2D eigenvalue weighted by atomic mass is 9.91. The van der Waals surface area contributed by atoms with Crippen LogP contribution in [0.4, 0.5) is 10.8 Å². The quantitative estimate of drug-likeness (QED) is 0.291.